The van der Waals surface area contributed by atoms with Crippen LogP contribution in [-0.2, 0) is 0 Å². The Bertz CT molecular complexity index is 553. The Kier molecular flexibility index (Phi) is 3.73. The molecule has 0 aliphatic rings. The van der Waals surface area contributed by atoms with Crippen LogP contribution in [0.1, 0.15) is 24.4 Å². The number of carbonyl (C=O) groups is 1. The van der Waals surface area contributed by atoms with E-state index in [2.05, 4.69) is 0 Å². The molecule has 0 atom stereocenters. The minimum absolute atomic E-state index is 0.00307. The van der Waals surface area contributed by atoms with Gasteiger partial charge in [0.05, 0.1) is 13.2 Å². The van der Waals surface area contributed by atoms with Gasteiger partial charge < -0.3 is 9.52 Å². The van der Waals surface area contributed by atoms with Crippen molar-refractivity contribution >= 4 is 16.8 Å². The van der Waals surface area contributed by atoms with Crippen LogP contribution in [0.5, 0.6) is 0 Å². The molecule has 1 aromatic heterocycles. The molecule has 0 saturated carbocycles. The molecular formula is C15H19NO3. The third-order valence-corrected chi connectivity index (χ3v) is 3.50. The van der Waals surface area contributed by atoms with E-state index >= 15 is 0 Å². The zero-order valence-corrected chi connectivity index (χ0v) is 11.5. The Morgan fingerprint density at radius 3 is 2.68 bits per heavy atom. The number of carbonyl (C=O) groups excluding carboxylic acids is 1. The lowest BCUT2D eigenvalue weighted by molar-refractivity contribution is 0.0643. The summed E-state index contributed by atoms with van der Waals surface area (Å²) in [4.78, 5) is 14.0. The fourth-order valence-electron chi connectivity index (χ4n) is 1.75. The Balaban J connectivity index is 2.16. The predicted octanol–water partition coefficient (Wildman–Crippen LogP) is 2.32. The number of fused-ring (bicyclic) bond motifs is 1. The highest BCUT2D eigenvalue weighted by molar-refractivity contribution is 5.98. The minimum Gasteiger partial charge on any atom is -0.453 e. The van der Waals surface area contributed by atoms with Crippen molar-refractivity contribution in [2.24, 2.45) is 0 Å². The van der Waals surface area contributed by atoms with E-state index in [0.29, 0.717) is 5.76 Å². The maximum Gasteiger partial charge on any atom is 0.211 e. The van der Waals surface area contributed by atoms with Crippen LogP contribution in [-0.4, -0.2) is 41.5 Å². The SMILES string of the molecule is CN(CC(=O)c1cc2ccccc2o1)C(C)(C)CO. The van der Waals surface area contributed by atoms with Crippen LogP contribution in [0, 0.1) is 0 Å². The zero-order chi connectivity index (χ0) is 14.0. The normalized spacial score (nSPS) is 12.3. The average Bonchev–Trinajstić information content (AvgIpc) is 2.82. The maximum atomic E-state index is 12.2. The molecule has 1 heterocycles. The molecule has 1 aromatic carbocycles. The molecule has 0 aliphatic carbocycles. The highest BCUT2D eigenvalue weighted by Gasteiger charge is 2.25. The molecule has 102 valence electrons. The van der Waals surface area contributed by atoms with Crippen molar-refractivity contribution in [3.8, 4) is 0 Å². The van der Waals surface area contributed by atoms with E-state index in [0.717, 1.165) is 11.0 Å². The highest BCUT2D eigenvalue weighted by Crippen LogP contribution is 2.20. The number of furan rings is 1. The summed E-state index contributed by atoms with van der Waals surface area (Å²) >= 11 is 0. The smallest absolute Gasteiger partial charge is 0.211 e. The van der Waals surface area contributed by atoms with E-state index in [4.69, 9.17) is 4.42 Å². The lowest BCUT2D eigenvalue weighted by Crippen LogP contribution is -2.46. The van der Waals surface area contributed by atoms with Gasteiger partial charge in [-0.25, -0.2) is 0 Å². The summed E-state index contributed by atoms with van der Waals surface area (Å²) in [6.45, 7) is 3.99. The van der Waals surface area contributed by atoms with Gasteiger partial charge in [0.15, 0.2) is 5.76 Å². The van der Waals surface area contributed by atoms with E-state index in [1.165, 1.54) is 0 Å². The van der Waals surface area contributed by atoms with E-state index in [-0.39, 0.29) is 18.9 Å². The number of para-hydroxylation sites is 1. The molecule has 0 bridgehead atoms. The molecule has 2 aromatic rings. The fraction of sp³-hybridized carbons (Fsp3) is 0.400. The molecule has 0 fully saturated rings. The third kappa shape index (κ3) is 2.85. The number of benzene rings is 1. The van der Waals surface area contributed by atoms with E-state index in [9.17, 15) is 9.90 Å². The first kappa shape index (κ1) is 13.8. The Morgan fingerprint density at radius 2 is 2.05 bits per heavy atom. The molecule has 0 radical (unpaired) electrons. The Labute approximate surface area is 112 Å². The molecule has 0 amide bonds. The third-order valence-electron chi connectivity index (χ3n) is 3.50. The Hall–Kier alpha value is -1.65. The number of aliphatic hydroxyl groups excluding tert-OH is 1. The predicted molar refractivity (Wildman–Crippen MR) is 74.3 cm³/mol. The first-order valence-electron chi connectivity index (χ1n) is 6.28. The van der Waals surface area contributed by atoms with E-state index in [1.807, 2.05) is 50.1 Å². The first-order chi connectivity index (χ1) is 8.94. The number of rotatable bonds is 5. The van der Waals surface area contributed by atoms with Crippen LogP contribution in [0.15, 0.2) is 34.7 Å². The van der Waals surface area contributed by atoms with Crippen molar-refractivity contribution in [1.29, 1.82) is 0 Å². The van der Waals surface area contributed by atoms with Crippen molar-refractivity contribution in [3.63, 3.8) is 0 Å². The van der Waals surface area contributed by atoms with Gasteiger partial charge in [0.2, 0.25) is 5.78 Å². The summed E-state index contributed by atoms with van der Waals surface area (Å²) in [7, 11) is 1.82. The number of Topliss-reactive ketones (excluding diaryl/α,β-unsaturated/α-hetero) is 1. The summed E-state index contributed by atoms with van der Waals surface area (Å²) in [5.74, 6) is 0.280. The van der Waals surface area contributed by atoms with Crippen molar-refractivity contribution in [1.82, 2.24) is 4.90 Å². The summed E-state index contributed by atoms with van der Waals surface area (Å²) in [5, 5.41) is 10.2. The molecular weight excluding hydrogens is 242 g/mol. The molecule has 0 spiro atoms. The summed E-state index contributed by atoms with van der Waals surface area (Å²) in [5.41, 5.74) is 0.289. The van der Waals surface area contributed by atoms with Crippen molar-refractivity contribution < 1.29 is 14.3 Å². The monoisotopic (exact) mass is 261 g/mol. The molecule has 0 unspecified atom stereocenters. The lowest BCUT2D eigenvalue weighted by atomic mass is 10.0. The number of hydrogen-bond donors (Lipinski definition) is 1. The minimum atomic E-state index is -0.429. The average molecular weight is 261 g/mol. The van der Waals surface area contributed by atoms with Gasteiger partial charge in [0, 0.05) is 10.9 Å². The maximum absolute atomic E-state index is 12.2. The summed E-state index contributed by atoms with van der Waals surface area (Å²) in [6, 6.07) is 9.30. The first-order valence-corrected chi connectivity index (χ1v) is 6.28. The summed E-state index contributed by atoms with van der Waals surface area (Å²) in [6.07, 6.45) is 0. The second-order valence-electron chi connectivity index (χ2n) is 5.40. The molecule has 1 N–H and O–H groups in total. The number of ketones is 1. The Morgan fingerprint density at radius 1 is 1.37 bits per heavy atom. The van der Waals surface area contributed by atoms with Crippen LogP contribution in [0.2, 0.25) is 0 Å². The topological polar surface area (TPSA) is 53.7 Å². The fourth-order valence-corrected chi connectivity index (χ4v) is 1.75. The van der Waals surface area contributed by atoms with Crippen LogP contribution in [0.25, 0.3) is 11.0 Å². The van der Waals surface area contributed by atoms with Crippen LogP contribution in [0.4, 0.5) is 0 Å². The molecule has 0 aliphatic heterocycles. The molecule has 4 nitrogen and oxygen atoms in total. The molecule has 2 rings (SSSR count). The van der Waals surface area contributed by atoms with E-state index < -0.39 is 5.54 Å². The second-order valence-corrected chi connectivity index (χ2v) is 5.40. The van der Waals surface area contributed by atoms with Gasteiger partial charge in [-0.05, 0) is 33.0 Å². The van der Waals surface area contributed by atoms with Crippen molar-refractivity contribution in [2.75, 3.05) is 20.2 Å². The van der Waals surface area contributed by atoms with Crippen LogP contribution in [0.3, 0.4) is 0 Å². The van der Waals surface area contributed by atoms with Crippen molar-refractivity contribution in [3.05, 3.63) is 36.1 Å². The number of nitrogens with zero attached hydrogens (tertiary/aromatic N) is 1. The van der Waals surface area contributed by atoms with Crippen molar-refractivity contribution in [2.45, 2.75) is 19.4 Å². The number of aliphatic hydroxyl groups is 1. The number of likely N-dealkylation sites (N-methyl/N-ethyl adjacent to an activating group) is 1. The van der Waals surface area contributed by atoms with Gasteiger partial charge in [0.25, 0.3) is 0 Å². The van der Waals surface area contributed by atoms with Gasteiger partial charge in [-0.2, -0.15) is 0 Å². The second kappa shape index (κ2) is 5.15. The van der Waals surface area contributed by atoms with Gasteiger partial charge in [-0.15, -0.1) is 0 Å². The van der Waals surface area contributed by atoms with Gasteiger partial charge in [-0.3, -0.25) is 9.69 Å². The largest absolute Gasteiger partial charge is 0.453 e. The highest BCUT2D eigenvalue weighted by atomic mass is 16.3. The lowest BCUT2D eigenvalue weighted by Gasteiger charge is -2.32. The zero-order valence-electron chi connectivity index (χ0n) is 11.5. The standard InChI is InChI=1S/C15H19NO3/c1-15(2,10-17)16(3)9-12(18)14-8-11-6-4-5-7-13(11)19-14/h4-8,17H,9-10H2,1-3H3. The van der Waals surface area contributed by atoms with Gasteiger partial charge in [-0.1, -0.05) is 18.2 Å². The van der Waals surface area contributed by atoms with Gasteiger partial charge in [0.1, 0.15) is 5.58 Å². The quantitative estimate of drug-likeness (QED) is 0.839. The van der Waals surface area contributed by atoms with Gasteiger partial charge >= 0.3 is 0 Å². The molecule has 4 heteroatoms. The van der Waals surface area contributed by atoms with Crippen LogP contribution < -0.4 is 0 Å². The molecule has 0 saturated heterocycles. The molecule has 19 heavy (non-hydrogen) atoms. The summed E-state index contributed by atoms with van der Waals surface area (Å²) < 4.78 is 5.54. The number of hydrogen-bond acceptors (Lipinski definition) is 4. The van der Waals surface area contributed by atoms with Crippen LogP contribution >= 0.6 is 0 Å². The van der Waals surface area contributed by atoms with E-state index in [1.54, 1.807) is 6.07 Å².